The first-order chi connectivity index (χ1) is 7.89. The van der Waals surface area contributed by atoms with E-state index in [4.69, 9.17) is 0 Å². The summed E-state index contributed by atoms with van der Waals surface area (Å²) in [5.41, 5.74) is 0. The average Bonchev–Trinajstić information content (AvgIpc) is 2.58. The monoisotopic (exact) mass is 337 g/mol. The molecule has 0 fully saturated rings. The number of aryl methyl sites for hydroxylation is 1. The molecule has 1 aromatic rings. The van der Waals surface area contributed by atoms with Crippen LogP contribution < -0.4 is 0 Å². The van der Waals surface area contributed by atoms with Gasteiger partial charge in [0.05, 0.1) is 8.68 Å². The van der Waals surface area contributed by atoms with E-state index in [9.17, 15) is 8.42 Å². The molecule has 0 bridgehead atoms. The molecule has 0 saturated heterocycles. The second-order valence-corrected chi connectivity index (χ2v) is 8.38. The summed E-state index contributed by atoms with van der Waals surface area (Å²) in [6.07, 6.45) is 3.42. The molecule has 0 aliphatic carbocycles. The van der Waals surface area contributed by atoms with Gasteiger partial charge in [0.1, 0.15) is 0 Å². The fourth-order valence-corrected chi connectivity index (χ4v) is 5.02. The van der Waals surface area contributed by atoms with Gasteiger partial charge in [0.15, 0.2) is 0 Å². The molecule has 1 heterocycles. The van der Waals surface area contributed by atoms with Gasteiger partial charge in [0, 0.05) is 18.5 Å². The van der Waals surface area contributed by atoms with Crippen LogP contribution in [0.3, 0.4) is 0 Å². The molecule has 0 N–H and O–H groups in total. The van der Waals surface area contributed by atoms with Gasteiger partial charge in [-0.15, -0.1) is 17.9 Å². The van der Waals surface area contributed by atoms with Crippen LogP contribution in [0.2, 0.25) is 0 Å². The van der Waals surface area contributed by atoms with Crippen molar-refractivity contribution in [2.45, 2.75) is 24.7 Å². The van der Waals surface area contributed by atoms with E-state index < -0.39 is 10.0 Å². The first-order valence-corrected chi connectivity index (χ1v) is 8.27. The van der Waals surface area contributed by atoms with Crippen molar-refractivity contribution in [1.29, 1.82) is 0 Å². The van der Waals surface area contributed by atoms with E-state index >= 15 is 0 Å². The number of nitrogens with zero attached hydrogens (tertiary/aromatic N) is 1. The minimum Gasteiger partial charge on any atom is -0.207 e. The number of unbranched alkanes of at least 4 members (excludes halogenated alkanes) is 1. The third-order valence-electron chi connectivity index (χ3n) is 2.41. The highest BCUT2D eigenvalue weighted by atomic mass is 79.9. The van der Waals surface area contributed by atoms with Crippen LogP contribution >= 0.6 is 27.3 Å². The number of hydrogen-bond donors (Lipinski definition) is 0. The van der Waals surface area contributed by atoms with Crippen molar-refractivity contribution >= 4 is 37.3 Å². The van der Waals surface area contributed by atoms with E-state index in [1.54, 1.807) is 19.2 Å². The third-order valence-corrected chi connectivity index (χ3v) is 6.08. The summed E-state index contributed by atoms with van der Waals surface area (Å²) >= 11 is 4.75. The van der Waals surface area contributed by atoms with Gasteiger partial charge in [-0.2, -0.15) is 0 Å². The standard InChI is InChI=1S/C11H16BrNO2S2/c1-4-5-6-7-13(3)17(14,15)10-8-11(12)16-9(10)2/h4,8H,1,5-7H2,2-3H3. The average molecular weight is 338 g/mol. The van der Waals surface area contributed by atoms with Crippen LogP contribution in [0, 0.1) is 6.92 Å². The van der Waals surface area contributed by atoms with Gasteiger partial charge in [0.25, 0.3) is 0 Å². The normalized spacial score (nSPS) is 12.0. The van der Waals surface area contributed by atoms with E-state index in [-0.39, 0.29) is 0 Å². The van der Waals surface area contributed by atoms with Crippen LogP contribution in [-0.4, -0.2) is 26.3 Å². The lowest BCUT2D eigenvalue weighted by Gasteiger charge is -2.16. The fourth-order valence-electron chi connectivity index (χ4n) is 1.43. The summed E-state index contributed by atoms with van der Waals surface area (Å²) < 4.78 is 26.7. The van der Waals surface area contributed by atoms with Crippen molar-refractivity contribution in [3.8, 4) is 0 Å². The van der Waals surface area contributed by atoms with Crippen molar-refractivity contribution < 1.29 is 8.42 Å². The topological polar surface area (TPSA) is 37.4 Å². The summed E-state index contributed by atoms with van der Waals surface area (Å²) in [6.45, 7) is 5.96. The zero-order valence-electron chi connectivity index (χ0n) is 9.94. The van der Waals surface area contributed by atoms with Crippen LogP contribution in [0.25, 0.3) is 0 Å². The SMILES string of the molecule is C=CCCCN(C)S(=O)(=O)c1cc(Br)sc1C. The Labute approximate surface area is 115 Å². The first kappa shape index (κ1) is 14.9. The van der Waals surface area contributed by atoms with Gasteiger partial charge < -0.3 is 0 Å². The van der Waals surface area contributed by atoms with Gasteiger partial charge in [-0.3, -0.25) is 0 Å². The number of allylic oxidation sites excluding steroid dienone is 1. The van der Waals surface area contributed by atoms with Crippen LogP contribution in [0.5, 0.6) is 0 Å². The Morgan fingerprint density at radius 1 is 1.59 bits per heavy atom. The van der Waals surface area contributed by atoms with E-state index in [1.165, 1.54) is 15.6 Å². The Morgan fingerprint density at radius 3 is 2.71 bits per heavy atom. The molecule has 6 heteroatoms. The van der Waals surface area contributed by atoms with E-state index in [2.05, 4.69) is 22.5 Å². The van der Waals surface area contributed by atoms with Gasteiger partial charge in [-0.25, -0.2) is 12.7 Å². The second kappa shape index (κ2) is 6.13. The largest absolute Gasteiger partial charge is 0.243 e. The molecule has 0 aliphatic heterocycles. The van der Waals surface area contributed by atoms with E-state index in [1.807, 2.05) is 6.92 Å². The lowest BCUT2D eigenvalue weighted by molar-refractivity contribution is 0.462. The maximum Gasteiger partial charge on any atom is 0.243 e. The molecule has 0 amide bonds. The third kappa shape index (κ3) is 3.64. The highest BCUT2D eigenvalue weighted by Crippen LogP contribution is 2.31. The fraction of sp³-hybridized carbons (Fsp3) is 0.455. The molecule has 1 rings (SSSR count). The van der Waals surface area contributed by atoms with Crippen molar-refractivity contribution in [3.63, 3.8) is 0 Å². The highest BCUT2D eigenvalue weighted by molar-refractivity contribution is 9.11. The smallest absolute Gasteiger partial charge is 0.207 e. The predicted molar refractivity (Wildman–Crippen MR) is 76.0 cm³/mol. The van der Waals surface area contributed by atoms with Crippen molar-refractivity contribution in [3.05, 3.63) is 27.4 Å². The second-order valence-electron chi connectivity index (χ2n) is 3.73. The quantitative estimate of drug-likeness (QED) is 0.589. The first-order valence-electron chi connectivity index (χ1n) is 5.22. The van der Waals surface area contributed by atoms with Crippen molar-refractivity contribution in [2.75, 3.05) is 13.6 Å². The molecule has 0 unspecified atom stereocenters. The lowest BCUT2D eigenvalue weighted by Crippen LogP contribution is -2.28. The Hall–Kier alpha value is -0.170. The number of rotatable bonds is 6. The minimum absolute atomic E-state index is 0.399. The molecule has 0 aromatic carbocycles. The minimum atomic E-state index is -3.35. The molecule has 0 radical (unpaired) electrons. The Bertz CT molecular complexity index is 494. The molecule has 17 heavy (non-hydrogen) atoms. The van der Waals surface area contributed by atoms with Crippen LogP contribution in [0.4, 0.5) is 0 Å². The molecule has 0 aliphatic rings. The van der Waals surface area contributed by atoms with Crippen molar-refractivity contribution in [2.24, 2.45) is 0 Å². The van der Waals surface area contributed by atoms with Crippen molar-refractivity contribution in [1.82, 2.24) is 4.31 Å². The molecule has 96 valence electrons. The molecule has 0 saturated carbocycles. The van der Waals surface area contributed by atoms with Crippen LogP contribution in [0.15, 0.2) is 27.4 Å². The molecule has 3 nitrogen and oxygen atoms in total. The molecular formula is C11H16BrNO2S2. The molecule has 0 atom stereocenters. The molecular weight excluding hydrogens is 322 g/mol. The maximum absolute atomic E-state index is 12.2. The lowest BCUT2D eigenvalue weighted by atomic mass is 10.3. The van der Waals surface area contributed by atoms with E-state index in [0.717, 1.165) is 21.5 Å². The molecule has 0 spiro atoms. The Balaban J connectivity index is 2.87. The predicted octanol–water partition coefficient (Wildman–Crippen LogP) is 3.41. The zero-order valence-corrected chi connectivity index (χ0v) is 13.2. The summed E-state index contributed by atoms with van der Waals surface area (Å²) in [4.78, 5) is 1.21. The number of halogens is 1. The zero-order chi connectivity index (χ0) is 13.1. The van der Waals surface area contributed by atoms with E-state index in [0.29, 0.717) is 11.4 Å². The summed E-state index contributed by atoms with van der Waals surface area (Å²) in [7, 11) is -1.74. The summed E-state index contributed by atoms with van der Waals surface area (Å²) in [5, 5.41) is 0. The number of hydrogen-bond acceptors (Lipinski definition) is 3. The summed E-state index contributed by atoms with van der Waals surface area (Å²) in [6, 6.07) is 1.67. The Morgan fingerprint density at radius 2 is 2.24 bits per heavy atom. The summed E-state index contributed by atoms with van der Waals surface area (Å²) in [5.74, 6) is 0. The maximum atomic E-state index is 12.2. The van der Waals surface area contributed by atoms with Crippen LogP contribution in [0.1, 0.15) is 17.7 Å². The van der Waals surface area contributed by atoms with Gasteiger partial charge in [-0.05, 0) is 41.8 Å². The highest BCUT2D eigenvalue weighted by Gasteiger charge is 2.24. The van der Waals surface area contributed by atoms with Crippen LogP contribution in [-0.2, 0) is 10.0 Å². The number of sulfonamides is 1. The van der Waals surface area contributed by atoms with Gasteiger partial charge >= 0.3 is 0 Å². The Kier molecular flexibility index (Phi) is 5.37. The van der Waals surface area contributed by atoms with Gasteiger partial charge in [0.2, 0.25) is 10.0 Å². The molecule has 1 aromatic heterocycles. The number of thiophene rings is 1. The van der Waals surface area contributed by atoms with Gasteiger partial charge in [-0.1, -0.05) is 6.08 Å².